The molecule has 7 heteroatoms. The fraction of sp³-hybridized carbons (Fsp3) is 0.400. The lowest BCUT2D eigenvalue weighted by Gasteiger charge is -2.28. The second-order valence-corrected chi connectivity index (χ2v) is 2.26. The molecule has 0 aromatic heterocycles. The fourth-order valence-corrected chi connectivity index (χ4v) is 0.886. The number of hydrogen-bond donors (Lipinski definition) is 1. The third-order valence-electron chi connectivity index (χ3n) is 1.47. The van der Waals surface area contributed by atoms with Gasteiger partial charge in [-0.15, -0.1) is 0 Å². The fourth-order valence-electron chi connectivity index (χ4n) is 0.886. The van der Waals surface area contributed by atoms with Gasteiger partial charge in [0.15, 0.2) is 0 Å². The van der Waals surface area contributed by atoms with Crippen LogP contribution in [0.2, 0.25) is 0 Å². The molecule has 0 aliphatic heterocycles. The Morgan fingerprint density at radius 2 is 2.33 bits per heavy atom. The molecule has 0 bridgehead atoms. The summed E-state index contributed by atoms with van der Waals surface area (Å²) >= 11 is 0. The van der Waals surface area contributed by atoms with Crippen LogP contribution < -0.4 is 5.73 Å². The lowest BCUT2D eigenvalue weighted by molar-refractivity contribution is -0.117. The molecule has 1 aliphatic carbocycles. The molecule has 0 aromatic rings. The first-order chi connectivity index (χ1) is 5.49. The van der Waals surface area contributed by atoms with Crippen LogP contribution >= 0.6 is 0 Å². The highest BCUT2D eigenvalue weighted by atomic mass is 19.3. The van der Waals surface area contributed by atoms with Crippen LogP contribution in [0, 0.1) is 0 Å². The zero-order chi connectivity index (χ0) is 9.35. The van der Waals surface area contributed by atoms with Gasteiger partial charge in [-0.2, -0.15) is 0 Å². The number of nitrogens with two attached hydrogens (primary N) is 1. The number of amides is 1. The van der Waals surface area contributed by atoms with E-state index in [-0.39, 0.29) is 5.57 Å². The SMILES string of the molecule is [N-]=[N+]=NC1=C(C(N)=O)CC1(F)F. The van der Waals surface area contributed by atoms with Gasteiger partial charge in [0.25, 0.3) is 5.92 Å². The van der Waals surface area contributed by atoms with Gasteiger partial charge in [-0.05, 0) is 5.53 Å². The number of halogens is 2. The molecule has 0 spiro atoms. The summed E-state index contributed by atoms with van der Waals surface area (Å²) in [5.74, 6) is -4.17. The first-order valence-corrected chi connectivity index (χ1v) is 2.95. The summed E-state index contributed by atoms with van der Waals surface area (Å²) in [5, 5.41) is 2.69. The Morgan fingerprint density at radius 3 is 2.67 bits per heavy atom. The smallest absolute Gasteiger partial charge is 0.280 e. The van der Waals surface area contributed by atoms with Gasteiger partial charge in [0, 0.05) is 16.9 Å². The molecule has 0 fully saturated rings. The molecule has 0 unspecified atom stereocenters. The predicted octanol–water partition coefficient (Wildman–Crippen LogP) is 1.08. The maximum atomic E-state index is 12.5. The van der Waals surface area contributed by atoms with Gasteiger partial charge in [0.2, 0.25) is 5.91 Å². The van der Waals surface area contributed by atoms with Gasteiger partial charge in [-0.1, -0.05) is 5.11 Å². The van der Waals surface area contributed by atoms with E-state index in [0.717, 1.165) is 0 Å². The van der Waals surface area contributed by atoms with Crippen molar-refractivity contribution in [1.29, 1.82) is 0 Å². The summed E-state index contributed by atoms with van der Waals surface area (Å²) in [6, 6.07) is 0. The third kappa shape index (κ3) is 1.10. The van der Waals surface area contributed by atoms with E-state index in [0.29, 0.717) is 0 Å². The quantitative estimate of drug-likeness (QED) is 0.378. The van der Waals surface area contributed by atoms with E-state index in [9.17, 15) is 13.6 Å². The minimum atomic E-state index is -3.20. The van der Waals surface area contributed by atoms with E-state index in [1.807, 2.05) is 0 Å². The topological polar surface area (TPSA) is 91.8 Å². The molecule has 5 nitrogen and oxygen atoms in total. The van der Waals surface area contributed by atoms with Crippen molar-refractivity contribution < 1.29 is 13.6 Å². The van der Waals surface area contributed by atoms with Gasteiger partial charge >= 0.3 is 0 Å². The maximum absolute atomic E-state index is 12.5. The van der Waals surface area contributed by atoms with Crippen molar-refractivity contribution in [3.05, 3.63) is 21.7 Å². The molecular weight excluding hydrogens is 170 g/mol. The second kappa shape index (κ2) is 2.46. The molecular formula is C5H4F2N4O. The zero-order valence-corrected chi connectivity index (χ0v) is 5.79. The third-order valence-corrected chi connectivity index (χ3v) is 1.47. The second-order valence-electron chi connectivity index (χ2n) is 2.26. The normalized spacial score (nSPS) is 19.5. The Bertz CT molecular complexity index is 315. The van der Waals surface area contributed by atoms with Crippen LogP contribution in [0.3, 0.4) is 0 Å². The minimum Gasteiger partial charge on any atom is -0.366 e. The Morgan fingerprint density at radius 1 is 1.75 bits per heavy atom. The first kappa shape index (κ1) is 8.48. The lowest BCUT2D eigenvalue weighted by atomic mass is 9.90. The maximum Gasteiger partial charge on any atom is 0.280 e. The number of alkyl halides is 2. The lowest BCUT2D eigenvalue weighted by Crippen LogP contribution is -2.36. The molecule has 0 radical (unpaired) electrons. The van der Waals surface area contributed by atoms with Crippen molar-refractivity contribution in [2.24, 2.45) is 10.8 Å². The average Bonchev–Trinajstić information content (AvgIpc) is 1.96. The Labute approximate surface area is 65.5 Å². The number of nitrogens with zero attached hydrogens (tertiary/aromatic N) is 3. The zero-order valence-electron chi connectivity index (χ0n) is 5.79. The van der Waals surface area contributed by atoms with E-state index >= 15 is 0 Å². The molecule has 12 heavy (non-hydrogen) atoms. The van der Waals surface area contributed by atoms with E-state index in [1.165, 1.54) is 0 Å². The van der Waals surface area contributed by atoms with Crippen LogP contribution in [0.15, 0.2) is 16.4 Å². The molecule has 0 atom stereocenters. The van der Waals surface area contributed by atoms with Crippen molar-refractivity contribution >= 4 is 5.91 Å². The average molecular weight is 174 g/mol. The van der Waals surface area contributed by atoms with Crippen LogP contribution in [0.1, 0.15) is 6.42 Å². The van der Waals surface area contributed by atoms with Crippen molar-refractivity contribution in [3.8, 4) is 0 Å². The predicted molar refractivity (Wildman–Crippen MR) is 34.9 cm³/mol. The Balaban J connectivity index is 3.08. The summed E-state index contributed by atoms with van der Waals surface area (Å²) < 4.78 is 24.9. The number of hydrogen-bond acceptors (Lipinski definition) is 2. The standard InChI is InChI=1S/C5H4F2N4O/c6-5(7)1-2(4(8)12)3(5)10-11-9/h1H2,(H2,8,12). The number of primary amides is 1. The number of carbonyl (C=O) groups is 1. The van der Waals surface area contributed by atoms with E-state index < -0.39 is 23.9 Å². The molecule has 1 rings (SSSR count). The molecule has 2 N–H and O–H groups in total. The Hall–Kier alpha value is -1.62. The molecule has 0 heterocycles. The van der Waals surface area contributed by atoms with Crippen molar-refractivity contribution in [3.63, 3.8) is 0 Å². The van der Waals surface area contributed by atoms with E-state index in [4.69, 9.17) is 11.3 Å². The van der Waals surface area contributed by atoms with Crippen molar-refractivity contribution in [2.45, 2.75) is 12.3 Å². The summed E-state index contributed by atoms with van der Waals surface area (Å²) in [4.78, 5) is 12.6. The van der Waals surface area contributed by atoms with Gasteiger partial charge in [-0.25, -0.2) is 8.78 Å². The van der Waals surface area contributed by atoms with Crippen LogP contribution in [0.4, 0.5) is 8.78 Å². The van der Waals surface area contributed by atoms with Crippen LogP contribution in [-0.2, 0) is 4.79 Å². The number of allylic oxidation sites excluding steroid dienone is 1. The summed E-state index contributed by atoms with van der Waals surface area (Å²) in [7, 11) is 0. The van der Waals surface area contributed by atoms with Crippen LogP contribution in [0.25, 0.3) is 10.4 Å². The molecule has 1 amide bonds. The Kier molecular flexibility index (Phi) is 1.73. The summed E-state index contributed by atoms with van der Waals surface area (Å²) in [6.07, 6.45) is -0.739. The molecule has 0 saturated carbocycles. The molecule has 1 aliphatic rings. The van der Waals surface area contributed by atoms with Crippen molar-refractivity contribution in [2.75, 3.05) is 0 Å². The van der Waals surface area contributed by atoms with Gasteiger partial charge in [0.05, 0.1) is 5.70 Å². The molecule has 64 valence electrons. The number of rotatable bonds is 2. The highest BCUT2D eigenvalue weighted by Crippen LogP contribution is 2.43. The van der Waals surface area contributed by atoms with E-state index in [1.54, 1.807) is 0 Å². The monoisotopic (exact) mass is 174 g/mol. The van der Waals surface area contributed by atoms with Gasteiger partial charge < -0.3 is 5.73 Å². The largest absolute Gasteiger partial charge is 0.366 e. The number of azide groups is 1. The molecule has 0 saturated heterocycles. The van der Waals surface area contributed by atoms with Crippen molar-refractivity contribution in [1.82, 2.24) is 0 Å². The van der Waals surface area contributed by atoms with Crippen LogP contribution in [-0.4, -0.2) is 11.8 Å². The molecule has 0 aromatic carbocycles. The van der Waals surface area contributed by atoms with Gasteiger partial charge in [0.1, 0.15) is 0 Å². The first-order valence-electron chi connectivity index (χ1n) is 2.95. The number of carbonyl (C=O) groups excluding carboxylic acids is 1. The minimum absolute atomic E-state index is 0.294. The van der Waals surface area contributed by atoms with Crippen LogP contribution in [0.5, 0.6) is 0 Å². The highest BCUT2D eigenvalue weighted by molar-refractivity contribution is 5.95. The highest BCUT2D eigenvalue weighted by Gasteiger charge is 2.47. The van der Waals surface area contributed by atoms with E-state index in [2.05, 4.69) is 10.0 Å². The summed E-state index contributed by atoms with van der Waals surface area (Å²) in [5.41, 5.74) is 11.5. The summed E-state index contributed by atoms with van der Waals surface area (Å²) in [6.45, 7) is 0. The van der Waals surface area contributed by atoms with Gasteiger partial charge in [-0.3, -0.25) is 4.79 Å².